The number of carbonyl (C=O) groups excluding carboxylic acids is 3. The van der Waals surface area contributed by atoms with Gasteiger partial charge in [-0.15, -0.1) is 0 Å². The van der Waals surface area contributed by atoms with Gasteiger partial charge >= 0.3 is 0 Å². The van der Waals surface area contributed by atoms with Gasteiger partial charge in [-0.05, 0) is 43.3 Å². The van der Waals surface area contributed by atoms with Crippen LogP contribution < -0.4 is 0 Å². The van der Waals surface area contributed by atoms with Crippen LogP contribution >= 0.6 is 0 Å². The summed E-state index contributed by atoms with van der Waals surface area (Å²) in [5, 5.41) is 30.6. The number of Topliss-reactive ketones (excluding diaryl/α,β-unsaturated/α-hetero) is 2. The maximum Gasteiger partial charge on any atom is 0.190 e. The summed E-state index contributed by atoms with van der Waals surface area (Å²) >= 11 is 0. The molecule has 7 atom stereocenters. The molecule has 0 spiro atoms. The van der Waals surface area contributed by atoms with Gasteiger partial charge in [0, 0.05) is 35.7 Å². The molecule has 0 saturated heterocycles. The first-order valence-electron chi connectivity index (χ1n) is 10.1. The molecule has 6 nitrogen and oxygen atoms in total. The van der Waals surface area contributed by atoms with Gasteiger partial charge in [0.05, 0.1) is 0 Å². The summed E-state index contributed by atoms with van der Waals surface area (Å²) in [7, 11) is 0. The topological polar surface area (TPSA) is 112 Å². The van der Waals surface area contributed by atoms with Crippen molar-refractivity contribution in [3.05, 3.63) is 23.8 Å². The van der Waals surface area contributed by atoms with Crippen molar-refractivity contribution in [3.8, 4) is 0 Å². The largest absolute Gasteiger partial charge is 0.396 e. The summed E-state index contributed by atoms with van der Waals surface area (Å²) in [5.74, 6) is -1.47. The molecule has 152 valence electrons. The SMILES string of the molecule is C[C@]12C=CC(=O)C=C1[C@@H](CO)C[C@@H]1[C@@H]2C(=O)C[C@@]2(C)[C@H]1CC[C@]2(O)C(=O)CO. The first kappa shape index (κ1) is 19.7. The number of allylic oxidation sites excluding steroid dienone is 3. The highest BCUT2D eigenvalue weighted by atomic mass is 16.3. The molecule has 28 heavy (non-hydrogen) atoms. The molecule has 4 aliphatic rings. The van der Waals surface area contributed by atoms with Gasteiger partial charge in [0.25, 0.3) is 0 Å². The highest BCUT2D eigenvalue weighted by molar-refractivity contribution is 6.02. The van der Waals surface area contributed by atoms with Crippen molar-refractivity contribution in [2.45, 2.75) is 45.1 Å². The molecule has 0 radical (unpaired) electrons. The lowest BCUT2D eigenvalue weighted by Gasteiger charge is -2.58. The molecule has 0 heterocycles. The fraction of sp³-hybridized carbons (Fsp3) is 0.682. The number of fused-ring (bicyclic) bond motifs is 5. The van der Waals surface area contributed by atoms with Crippen LogP contribution in [0.15, 0.2) is 23.8 Å². The first-order chi connectivity index (χ1) is 13.1. The van der Waals surface area contributed by atoms with Crippen molar-refractivity contribution in [2.75, 3.05) is 13.2 Å². The van der Waals surface area contributed by atoms with Crippen LogP contribution in [0.2, 0.25) is 0 Å². The maximum atomic E-state index is 13.4. The van der Waals surface area contributed by atoms with Gasteiger partial charge in [-0.1, -0.05) is 25.5 Å². The van der Waals surface area contributed by atoms with Crippen LogP contribution in [-0.2, 0) is 14.4 Å². The molecule has 0 aromatic rings. The fourth-order valence-corrected chi connectivity index (χ4v) is 7.03. The summed E-state index contributed by atoms with van der Waals surface area (Å²) in [6, 6.07) is 0. The van der Waals surface area contributed by atoms with E-state index in [0.29, 0.717) is 12.8 Å². The van der Waals surface area contributed by atoms with E-state index in [9.17, 15) is 29.7 Å². The van der Waals surface area contributed by atoms with Gasteiger partial charge in [0.1, 0.15) is 18.0 Å². The average molecular weight is 388 g/mol. The second kappa shape index (κ2) is 6.18. The maximum absolute atomic E-state index is 13.4. The summed E-state index contributed by atoms with van der Waals surface area (Å²) in [5.41, 5.74) is -2.43. The summed E-state index contributed by atoms with van der Waals surface area (Å²) in [4.78, 5) is 37.8. The monoisotopic (exact) mass is 388 g/mol. The van der Waals surface area contributed by atoms with E-state index in [4.69, 9.17) is 0 Å². The third-order valence-electron chi connectivity index (χ3n) is 8.40. The normalized spacial score (nSPS) is 47.2. The number of aliphatic hydroxyl groups is 3. The van der Waals surface area contributed by atoms with E-state index in [2.05, 4.69) is 0 Å². The smallest absolute Gasteiger partial charge is 0.190 e. The van der Waals surface area contributed by atoms with Crippen LogP contribution in [-0.4, -0.2) is 51.5 Å². The van der Waals surface area contributed by atoms with Crippen molar-refractivity contribution in [1.82, 2.24) is 0 Å². The minimum absolute atomic E-state index is 0.0152. The lowest BCUT2D eigenvalue weighted by atomic mass is 9.45. The van der Waals surface area contributed by atoms with E-state index in [-0.39, 0.29) is 54.7 Å². The predicted molar refractivity (Wildman–Crippen MR) is 100 cm³/mol. The molecule has 4 aliphatic carbocycles. The second-order valence-electron chi connectivity index (χ2n) is 9.52. The molecule has 4 rings (SSSR count). The van der Waals surface area contributed by atoms with E-state index in [0.717, 1.165) is 5.57 Å². The van der Waals surface area contributed by atoms with Gasteiger partial charge < -0.3 is 15.3 Å². The van der Waals surface area contributed by atoms with Crippen molar-refractivity contribution < 1.29 is 29.7 Å². The standard InChI is InChI=1S/C22H28O6/c1-20-5-3-13(25)8-16(20)12(10-23)7-14-15-4-6-22(28,18(27)11-24)21(15,2)9-17(26)19(14)20/h3,5,8,12,14-15,19,23-24,28H,4,6-7,9-11H2,1-2H3/t12-,14+,15+,19-,20+,21+,22+/m1/s1. The van der Waals surface area contributed by atoms with Crippen molar-refractivity contribution >= 4 is 17.3 Å². The Bertz CT molecular complexity index is 812. The molecule has 0 unspecified atom stereocenters. The van der Waals surface area contributed by atoms with Gasteiger partial charge in [0.15, 0.2) is 11.6 Å². The Balaban J connectivity index is 1.81. The minimum Gasteiger partial charge on any atom is -0.396 e. The molecule has 0 aromatic carbocycles. The Morgan fingerprint density at radius 2 is 1.96 bits per heavy atom. The number of aliphatic hydroxyl groups excluding tert-OH is 2. The Morgan fingerprint density at radius 1 is 1.25 bits per heavy atom. The second-order valence-corrected chi connectivity index (χ2v) is 9.52. The average Bonchev–Trinajstić information content (AvgIpc) is 2.92. The van der Waals surface area contributed by atoms with Crippen LogP contribution in [0.1, 0.15) is 39.5 Å². The van der Waals surface area contributed by atoms with Crippen LogP contribution in [0.3, 0.4) is 0 Å². The van der Waals surface area contributed by atoms with E-state index >= 15 is 0 Å². The first-order valence-corrected chi connectivity index (χ1v) is 10.1. The van der Waals surface area contributed by atoms with Gasteiger partial charge in [0.2, 0.25) is 0 Å². The van der Waals surface area contributed by atoms with Crippen LogP contribution in [0.4, 0.5) is 0 Å². The molecule has 0 amide bonds. The van der Waals surface area contributed by atoms with E-state index in [1.807, 2.05) is 13.0 Å². The van der Waals surface area contributed by atoms with Crippen LogP contribution in [0.5, 0.6) is 0 Å². The fourth-order valence-electron chi connectivity index (χ4n) is 7.03. The van der Waals surface area contributed by atoms with Gasteiger partial charge in [-0.25, -0.2) is 0 Å². The Morgan fingerprint density at radius 3 is 2.61 bits per heavy atom. The van der Waals surface area contributed by atoms with Gasteiger partial charge in [-0.3, -0.25) is 14.4 Å². The molecule has 3 N–H and O–H groups in total. The predicted octanol–water partition coefficient (Wildman–Crippen LogP) is 0.984. The molecule has 3 fully saturated rings. The number of hydrogen-bond donors (Lipinski definition) is 3. The van der Waals surface area contributed by atoms with Gasteiger partial charge in [-0.2, -0.15) is 0 Å². The zero-order chi connectivity index (χ0) is 20.5. The highest BCUT2D eigenvalue weighted by Crippen LogP contribution is 2.66. The summed E-state index contributed by atoms with van der Waals surface area (Å²) < 4.78 is 0. The van der Waals surface area contributed by atoms with Crippen LogP contribution in [0, 0.1) is 34.5 Å². The third kappa shape index (κ3) is 2.28. The third-order valence-corrected chi connectivity index (χ3v) is 8.40. The molecule has 6 heteroatoms. The molecule has 0 bridgehead atoms. The van der Waals surface area contributed by atoms with E-state index in [1.165, 1.54) is 6.08 Å². The molecule has 0 aromatic heterocycles. The Labute approximate surface area is 164 Å². The Hall–Kier alpha value is -1.63. The lowest BCUT2D eigenvalue weighted by molar-refractivity contribution is -0.170. The zero-order valence-corrected chi connectivity index (χ0v) is 16.4. The summed E-state index contributed by atoms with van der Waals surface area (Å²) in [6.45, 7) is 2.91. The van der Waals surface area contributed by atoms with Crippen molar-refractivity contribution in [3.63, 3.8) is 0 Å². The molecule has 3 saturated carbocycles. The summed E-state index contributed by atoms with van der Waals surface area (Å²) in [6.07, 6.45) is 6.35. The Kier molecular flexibility index (Phi) is 4.34. The lowest BCUT2D eigenvalue weighted by Crippen LogP contribution is -2.61. The molecule has 0 aliphatic heterocycles. The van der Waals surface area contributed by atoms with Crippen LogP contribution in [0.25, 0.3) is 0 Å². The zero-order valence-electron chi connectivity index (χ0n) is 16.4. The van der Waals surface area contributed by atoms with Crippen molar-refractivity contribution in [2.24, 2.45) is 34.5 Å². The molecular formula is C22H28O6. The number of carbonyl (C=O) groups is 3. The highest BCUT2D eigenvalue weighted by Gasteiger charge is 2.68. The molecular weight excluding hydrogens is 360 g/mol. The van der Waals surface area contributed by atoms with Crippen molar-refractivity contribution in [1.29, 1.82) is 0 Å². The minimum atomic E-state index is -1.70. The number of rotatable bonds is 3. The quantitative estimate of drug-likeness (QED) is 0.665. The van der Waals surface area contributed by atoms with E-state index < -0.39 is 28.8 Å². The van der Waals surface area contributed by atoms with E-state index in [1.54, 1.807) is 13.0 Å². The number of hydrogen-bond acceptors (Lipinski definition) is 6. The number of ketones is 3.